The molecule has 0 fully saturated rings. The van der Waals surface area contributed by atoms with E-state index in [1.54, 1.807) is 10.9 Å². The highest BCUT2D eigenvalue weighted by molar-refractivity contribution is 5.42. The van der Waals surface area contributed by atoms with Crippen LogP contribution in [0.25, 0.3) is 0 Å². The number of rotatable bonds is 5. The van der Waals surface area contributed by atoms with E-state index in [1.165, 1.54) is 0 Å². The largest absolute Gasteiger partial charge is 0.358 e. The molecule has 0 aliphatic rings. The summed E-state index contributed by atoms with van der Waals surface area (Å²) in [7, 11) is 1.83. The van der Waals surface area contributed by atoms with Gasteiger partial charge in [0.05, 0.1) is 12.2 Å². The van der Waals surface area contributed by atoms with Crippen LogP contribution in [0.3, 0.4) is 0 Å². The molecular formula is C11H16FN7. The molecule has 0 aliphatic heterocycles. The standard InChI is InChI=1S/C11H16FN7/c1-4-13-11-14-5-8(12)9(17-11)16-7(2)10-18-15-6-19(10)3/h5-7H,4H2,1-3H3,(H2,13,14,16,17). The normalized spacial score (nSPS) is 12.2. The zero-order chi connectivity index (χ0) is 13.8. The first-order valence-corrected chi connectivity index (χ1v) is 5.98. The molecule has 0 bridgehead atoms. The van der Waals surface area contributed by atoms with E-state index in [1.807, 2.05) is 20.9 Å². The van der Waals surface area contributed by atoms with Crippen LogP contribution in [0.15, 0.2) is 12.5 Å². The Morgan fingerprint density at radius 2 is 2.26 bits per heavy atom. The molecule has 19 heavy (non-hydrogen) atoms. The maximum atomic E-state index is 13.7. The Morgan fingerprint density at radius 1 is 1.47 bits per heavy atom. The zero-order valence-corrected chi connectivity index (χ0v) is 11.1. The Hall–Kier alpha value is -2.25. The number of hydrogen-bond acceptors (Lipinski definition) is 6. The topological polar surface area (TPSA) is 80.5 Å². The number of halogens is 1. The zero-order valence-electron chi connectivity index (χ0n) is 11.1. The van der Waals surface area contributed by atoms with E-state index < -0.39 is 5.82 Å². The van der Waals surface area contributed by atoms with Crippen LogP contribution in [0.2, 0.25) is 0 Å². The molecule has 2 aromatic rings. The summed E-state index contributed by atoms with van der Waals surface area (Å²) in [6.07, 6.45) is 2.73. The van der Waals surface area contributed by atoms with Crippen molar-refractivity contribution in [1.82, 2.24) is 24.7 Å². The van der Waals surface area contributed by atoms with Crippen molar-refractivity contribution < 1.29 is 4.39 Å². The molecule has 0 amide bonds. The fourth-order valence-electron chi connectivity index (χ4n) is 1.67. The molecule has 2 rings (SSSR count). The van der Waals surface area contributed by atoms with E-state index in [9.17, 15) is 4.39 Å². The monoisotopic (exact) mass is 265 g/mol. The first-order chi connectivity index (χ1) is 9.11. The lowest BCUT2D eigenvalue weighted by Gasteiger charge is -2.14. The summed E-state index contributed by atoms with van der Waals surface area (Å²) in [6, 6.07) is -0.216. The Balaban J connectivity index is 2.18. The van der Waals surface area contributed by atoms with E-state index in [0.717, 1.165) is 6.20 Å². The van der Waals surface area contributed by atoms with Crippen LogP contribution < -0.4 is 10.6 Å². The SMILES string of the molecule is CCNc1ncc(F)c(NC(C)c2nncn2C)n1. The lowest BCUT2D eigenvalue weighted by molar-refractivity contribution is 0.610. The van der Waals surface area contributed by atoms with Crippen LogP contribution in [0.1, 0.15) is 25.7 Å². The highest BCUT2D eigenvalue weighted by Crippen LogP contribution is 2.18. The number of nitrogens with one attached hydrogen (secondary N) is 2. The van der Waals surface area contributed by atoms with Gasteiger partial charge in [-0.15, -0.1) is 10.2 Å². The molecule has 0 aromatic carbocycles. The van der Waals surface area contributed by atoms with Crippen molar-refractivity contribution in [1.29, 1.82) is 0 Å². The predicted molar refractivity (Wildman–Crippen MR) is 69.2 cm³/mol. The lowest BCUT2D eigenvalue weighted by Crippen LogP contribution is -2.15. The Labute approximate surface area is 110 Å². The summed E-state index contributed by atoms with van der Waals surface area (Å²) < 4.78 is 15.4. The fraction of sp³-hybridized carbons (Fsp3) is 0.455. The van der Waals surface area contributed by atoms with Gasteiger partial charge in [0.2, 0.25) is 5.95 Å². The molecule has 0 aliphatic carbocycles. The summed E-state index contributed by atoms with van der Waals surface area (Å²) >= 11 is 0. The van der Waals surface area contributed by atoms with Crippen LogP contribution in [0.4, 0.5) is 16.2 Å². The third kappa shape index (κ3) is 2.95. The molecule has 0 radical (unpaired) electrons. The number of aryl methyl sites for hydroxylation is 1. The van der Waals surface area contributed by atoms with Gasteiger partial charge in [0, 0.05) is 13.6 Å². The van der Waals surface area contributed by atoms with Crippen molar-refractivity contribution >= 4 is 11.8 Å². The van der Waals surface area contributed by atoms with Crippen LogP contribution >= 0.6 is 0 Å². The van der Waals surface area contributed by atoms with Crippen molar-refractivity contribution in [3.8, 4) is 0 Å². The van der Waals surface area contributed by atoms with Gasteiger partial charge in [-0.05, 0) is 13.8 Å². The molecule has 2 N–H and O–H groups in total. The number of nitrogens with zero attached hydrogens (tertiary/aromatic N) is 5. The third-order valence-corrected chi connectivity index (χ3v) is 2.57. The second-order valence-electron chi connectivity index (χ2n) is 4.09. The number of hydrogen-bond donors (Lipinski definition) is 2. The van der Waals surface area contributed by atoms with Gasteiger partial charge in [0.1, 0.15) is 6.33 Å². The van der Waals surface area contributed by atoms with E-state index in [0.29, 0.717) is 18.3 Å². The molecule has 2 heterocycles. The van der Waals surface area contributed by atoms with Gasteiger partial charge >= 0.3 is 0 Å². The molecule has 0 saturated carbocycles. The second-order valence-corrected chi connectivity index (χ2v) is 4.09. The molecular weight excluding hydrogens is 249 g/mol. The fourth-order valence-corrected chi connectivity index (χ4v) is 1.67. The van der Waals surface area contributed by atoms with Crippen molar-refractivity contribution in [2.45, 2.75) is 19.9 Å². The van der Waals surface area contributed by atoms with Crippen molar-refractivity contribution in [2.24, 2.45) is 7.05 Å². The maximum Gasteiger partial charge on any atom is 0.224 e. The molecule has 1 atom stereocenters. The van der Waals surface area contributed by atoms with E-state index in [-0.39, 0.29) is 11.9 Å². The van der Waals surface area contributed by atoms with Gasteiger partial charge in [-0.25, -0.2) is 9.37 Å². The summed E-state index contributed by atoms with van der Waals surface area (Å²) in [4.78, 5) is 7.92. The Morgan fingerprint density at radius 3 is 2.89 bits per heavy atom. The molecule has 102 valence electrons. The van der Waals surface area contributed by atoms with Gasteiger partial charge in [-0.1, -0.05) is 0 Å². The number of anilines is 2. The highest BCUT2D eigenvalue weighted by Gasteiger charge is 2.15. The van der Waals surface area contributed by atoms with Gasteiger partial charge in [0.25, 0.3) is 0 Å². The van der Waals surface area contributed by atoms with Crippen molar-refractivity contribution in [2.75, 3.05) is 17.2 Å². The predicted octanol–water partition coefficient (Wildman–Crippen LogP) is 1.35. The minimum atomic E-state index is -0.504. The van der Waals surface area contributed by atoms with Crippen molar-refractivity contribution in [3.05, 3.63) is 24.2 Å². The van der Waals surface area contributed by atoms with E-state index in [2.05, 4.69) is 30.8 Å². The quantitative estimate of drug-likeness (QED) is 0.849. The second kappa shape index (κ2) is 5.59. The molecule has 0 saturated heterocycles. The average molecular weight is 265 g/mol. The number of aromatic nitrogens is 5. The summed E-state index contributed by atoms with van der Waals surface area (Å²) in [5, 5.41) is 13.7. The van der Waals surface area contributed by atoms with Gasteiger partial charge in [-0.3, -0.25) is 0 Å². The summed E-state index contributed by atoms with van der Waals surface area (Å²) in [5.74, 6) is 0.719. The minimum Gasteiger partial charge on any atom is -0.358 e. The smallest absolute Gasteiger partial charge is 0.224 e. The Kier molecular flexibility index (Phi) is 3.88. The van der Waals surface area contributed by atoms with Gasteiger partial charge < -0.3 is 15.2 Å². The molecule has 7 nitrogen and oxygen atoms in total. The lowest BCUT2D eigenvalue weighted by atomic mass is 10.3. The van der Waals surface area contributed by atoms with Crippen LogP contribution in [-0.2, 0) is 7.05 Å². The van der Waals surface area contributed by atoms with Gasteiger partial charge in [0.15, 0.2) is 17.5 Å². The Bertz CT molecular complexity index is 554. The first kappa shape index (κ1) is 13.2. The van der Waals surface area contributed by atoms with Crippen LogP contribution in [0.5, 0.6) is 0 Å². The third-order valence-electron chi connectivity index (χ3n) is 2.57. The van der Waals surface area contributed by atoms with Crippen molar-refractivity contribution in [3.63, 3.8) is 0 Å². The molecule has 2 aromatic heterocycles. The molecule has 0 spiro atoms. The molecule has 8 heteroatoms. The highest BCUT2D eigenvalue weighted by atomic mass is 19.1. The summed E-state index contributed by atoms with van der Waals surface area (Å²) in [6.45, 7) is 4.45. The van der Waals surface area contributed by atoms with Crippen LogP contribution in [0, 0.1) is 5.82 Å². The molecule has 1 unspecified atom stereocenters. The van der Waals surface area contributed by atoms with Crippen LogP contribution in [-0.4, -0.2) is 31.3 Å². The summed E-state index contributed by atoms with van der Waals surface area (Å²) in [5.41, 5.74) is 0. The van der Waals surface area contributed by atoms with Gasteiger partial charge in [-0.2, -0.15) is 4.98 Å². The average Bonchev–Trinajstić information content (AvgIpc) is 2.80. The first-order valence-electron chi connectivity index (χ1n) is 5.98. The van der Waals surface area contributed by atoms with E-state index >= 15 is 0 Å². The van der Waals surface area contributed by atoms with E-state index in [4.69, 9.17) is 0 Å². The minimum absolute atomic E-state index is 0.140. The maximum absolute atomic E-state index is 13.7.